The number of carbonyl (C=O) groups is 4. The van der Waals surface area contributed by atoms with Gasteiger partial charge < -0.3 is 54.3 Å². The van der Waals surface area contributed by atoms with E-state index in [1.807, 2.05) is 0 Å². The van der Waals surface area contributed by atoms with Crippen LogP contribution >= 0.6 is 0 Å². The average Bonchev–Trinajstić information content (AvgIpc) is 3.59. The van der Waals surface area contributed by atoms with E-state index in [0.29, 0.717) is 31.4 Å². The maximum atomic E-state index is 13.4. The summed E-state index contributed by atoms with van der Waals surface area (Å²) in [7, 11) is 0. The van der Waals surface area contributed by atoms with Crippen LogP contribution in [0.1, 0.15) is 44.2 Å². The first-order valence-electron chi connectivity index (χ1n) is 13.0. The maximum Gasteiger partial charge on any atom is 0.326 e. The van der Waals surface area contributed by atoms with Crippen molar-refractivity contribution in [2.45, 2.75) is 69.1 Å². The fourth-order valence-electron chi connectivity index (χ4n) is 4.28. The Bertz CT molecular complexity index is 1050. The van der Waals surface area contributed by atoms with Crippen LogP contribution in [-0.4, -0.2) is 99.4 Å². The Morgan fingerprint density at radius 2 is 1.65 bits per heavy atom. The van der Waals surface area contributed by atoms with Crippen molar-refractivity contribution >= 4 is 35.6 Å². The second-order valence-electron chi connectivity index (χ2n) is 9.44. The van der Waals surface area contributed by atoms with Crippen molar-refractivity contribution in [1.29, 1.82) is 0 Å². The lowest BCUT2D eigenvalue weighted by Crippen LogP contribution is -2.57. The molecule has 0 aromatic carbocycles. The van der Waals surface area contributed by atoms with Gasteiger partial charge in [-0.1, -0.05) is 0 Å². The van der Waals surface area contributed by atoms with E-state index in [-0.39, 0.29) is 50.8 Å². The lowest BCUT2D eigenvalue weighted by molar-refractivity contribution is -0.149. The molecule has 3 amide bonds. The number of carbonyl (C=O) groups excluding carboxylic acids is 3. The van der Waals surface area contributed by atoms with Crippen molar-refractivity contribution in [2.24, 2.45) is 38.7 Å². The molecule has 0 saturated carbocycles. The molecule has 4 unspecified atom stereocenters. The van der Waals surface area contributed by atoms with Gasteiger partial charge in [0.2, 0.25) is 17.7 Å². The first-order chi connectivity index (χ1) is 19.0. The van der Waals surface area contributed by atoms with Crippen LogP contribution in [0.4, 0.5) is 0 Å². The summed E-state index contributed by atoms with van der Waals surface area (Å²) in [6, 6.07) is -4.11. The quantitative estimate of drug-likeness (QED) is 0.0537. The minimum atomic E-state index is -1.11. The zero-order chi connectivity index (χ0) is 29.7. The van der Waals surface area contributed by atoms with Crippen molar-refractivity contribution in [3.63, 3.8) is 0 Å². The van der Waals surface area contributed by atoms with Gasteiger partial charge in [-0.2, -0.15) is 0 Å². The van der Waals surface area contributed by atoms with Gasteiger partial charge in [-0.15, -0.1) is 0 Å². The van der Waals surface area contributed by atoms with E-state index >= 15 is 0 Å². The van der Waals surface area contributed by atoms with Gasteiger partial charge in [0, 0.05) is 37.9 Å². The van der Waals surface area contributed by atoms with Gasteiger partial charge in [0.25, 0.3) is 0 Å². The molecule has 1 aromatic heterocycles. The zero-order valence-electron chi connectivity index (χ0n) is 22.3. The monoisotopic (exact) mass is 564 g/mol. The fourth-order valence-corrected chi connectivity index (χ4v) is 4.28. The minimum absolute atomic E-state index is 0.0341. The van der Waals surface area contributed by atoms with Gasteiger partial charge in [-0.05, 0) is 38.5 Å². The zero-order valence-corrected chi connectivity index (χ0v) is 22.3. The number of carboxylic acids is 1. The molecule has 40 heavy (non-hydrogen) atoms. The number of aromatic amines is 1. The van der Waals surface area contributed by atoms with Crippen molar-refractivity contribution in [1.82, 2.24) is 25.5 Å². The van der Waals surface area contributed by atoms with Crippen molar-refractivity contribution in [3.8, 4) is 0 Å². The molecule has 0 aliphatic carbocycles. The van der Waals surface area contributed by atoms with Crippen LogP contribution in [0.3, 0.4) is 0 Å². The van der Waals surface area contributed by atoms with E-state index in [4.69, 9.17) is 28.7 Å². The Morgan fingerprint density at radius 3 is 2.23 bits per heavy atom. The third-order valence-electron chi connectivity index (χ3n) is 6.30. The average molecular weight is 565 g/mol. The lowest BCUT2D eigenvalue weighted by Gasteiger charge is -2.29. The molecule has 2 rings (SSSR count). The third-order valence-corrected chi connectivity index (χ3v) is 6.30. The van der Waals surface area contributed by atoms with Crippen LogP contribution < -0.4 is 39.3 Å². The highest BCUT2D eigenvalue weighted by atomic mass is 16.4. The number of nitrogens with two attached hydrogens (primary N) is 5. The van der Waals surface area contributed by atoms with E-state index in [0.717, 1.165) is 0 Å². The normalized spacial score (nSPS) is 16.8. The van der Waals surface area contributed by atoms with Gasteiger partial charge in [-0.25, -0.2) is 9.78 Å². The molecule has 1 fully saturated rings. The topological polar surface area (TPSA) is 299 Å². The number of imidazole rings is 1. The molecule has 14 N–H and O–H groups in total. The molecule has 2 heterocycles. The Morgan fingerprint density at radius 1 is 1.02 bits per heavy atom. The number of carboxylic acid groups (broad SMARTS) is 1. The van der Waals surface area contributed by atoms with Gasteiger partial charge in [0.1, 0.15) is 18.1 Å². The van der Waals surface area contributed by atoms with Gasteiger partial charge >= 0.3 is 5.97 Å². The third kappa shape index (κ3) is 10.4. The summed E-state index contributed by atoms with van der Waals surface area (Å²) in [6.45, 7) is 0.743. The molecule has 17 nitrogen and oxygen atoms in total. The van der Waals surface area contributed by atoms with Gasteiger partial charge in [0.15, 0.2) is 11.9 Å². The number of rotatable bonds is 16. The molecule has 17 heteroatoms. The van der Waals surface area contributed by atoms with Crippen LogP contribution in [0.2, 0.25) is 0 Å². The van der Waals surface area contributed by atoms with Crippen LogP contribution in [0.15, 0.2) is 22.5 Å². The molecule has 4 atom stereocenters. The van der Waals surface area contributed by atoms with E-state index < -0.39 is 47.9 Å². The Labute approximate surface area is 231 Å². The highest BCUT2D eigenvalue weighted by Gasteiger charge is 2.38. The first-order valence-corrected chi connectivity index (χ1v) is 13.0. The van der Waals surface area contributed by atoms with Crippen molar-refractivity contribution < 1.29 is 24.3 Å². The molecule has 0 bridgehead atoms. The van der Waals surface area contributed by atoms with Gasteiger partial charge in [-0.3, -0.25) is 24.4 Å². The lowest BCUT2D eigenvalue weighted by atomic mass is 10.1. The smallest absolute Gasteiger partial charge is 0.326 e. The number of guanidine groups is 2. The number of aromatic nitrogens is 2. The number of nitrogens with one attached hydrogen (secondary N) is 3. The summed E-state index contributed by atoms with van der Waals surface area (Å²) in [5.74, 6) is -3.07. The summed E-state index contributed by atoms with van der Waals surface area (Å²) in [6.07, 6.45) is 4.98. The summed E-state index contributed by atoms with van der Waals surface area (Å²) in [5, 5.41) is 14.9. The molecule has 0 spiro atoms. The number of hydrogen-bond donors (Lipinski definition) is 9. The van der Waals surface area contributed by atoms with E-state index in [1.54, 1.807) is 0 Å². The molecular weight excluding hydrogens is 524 g/mol. The molecular formula is C23H40N12O5. The summed E-state index contributed by atoms with van der Waals surface area (Å²) in [4.78, 5) is 67.2. The molecule has 1 aliphatic rings. The Hall–Kier alpha value is -4.41. The van der Waals surface area contributed by atoms with Crippen LogP contribution in [0, 0.1) is 0 Å². The second kappa shape index (κ2) is 15.9. The molecule has 1 aliphatic heterocycles. The fraction of sp³-hybridized carbons (Fsp3) is 0.609. The molecule has 1 saturated heterocycles. The number of likely N-dealkylation sites (tertiary alicyclic amines) is 1. The Kier molecular flexibility index (Phi) is 12.6. The number of H-pyrrole nitrogens is 1. The second-order valence-corrected chi connectivity index (χ2v) is 9.44. The van der Waals surface area contributed by atoms with Crippen LogP contribution in [-0.2, 0) is 25.6 Å². The highest BCUT2D eigenvalue weighted by Crippen LogP contribution is 2.19. The molecule has 0 radical (unpaired) electrons. The maximum absolute atomic E-state index is 13.4. The minimum Gasteiger partial charge on any atom is -0.480 e. The van der Waals surface area contributed by atoms with Crippen molar-refractivity contribution in [3.05, 3.63) is 18.2 Å². The van der Waals surface area contributed by atoms with E-state index in [2.05, 4.69) is 30.6 Å². The summed E-state index contributed by atoms with van der Waals surface area (Å²) >= 11 is 0. The standard InChI is InChI=1S/C23H40N12O5/c24-14(4-1-7-30-22(25)26)18(36)33-15(5-2-8-31-23(27)28)19(37)34-16(10-13-11-29-12-32-13)20(38)35-9-3-6-17(35)21(39)40/h11-12,14-17H,1-10,24H2,(H,29,32)(H,33,36)(H,34,37)(H,39,40)(H4,25,26,30)(H4,27,28,31). The number of nitrogens with zero attached hydrogens (tertiary/aromatic N) is 4. The Balaban J connectivity index is 2.17. The number of aliphatic carboxylic acids is 1. The predicted molar refractivity (Wildman–Crippen MR) is 146 cm³/mol. The van der Waals surface area contributed by atoms with Gasteiger partial charge in [0.05, 0.1) is 12.4 Å². The largest absolute Gasteiger partial charge is 0.480 e. The van der Waals surface area contributed by atoms with E-state index in [9.17, 15) is 24.3 Å². The summed E-state index contributed by atoms with van der Waals surface area (Å²) in [5.41, 5.74) is 27.9. The number of amides is 3. The molecule has 1 aromatic rings. The van der Waals surface area contributed by atoms with E-state index in [1.165, 1.54) is 17.4 Å². The molecule has 222 valence electrons. The van der Waals surface area contributed by atoms with Crippen molar-refractivity contribution in [2.75, 3.05) is 19.6 Å². The summed E-state index contributed by atoms with van der Waals surface area (Å²) < 4.78 is 0. The van der Waals surface area contributed by atoms with Crippen LogP contribution in [0.25, 0.3) is 0 Å². The SMILES string of the molecule is NC(N)=NCCCC(N)C(=O)NC(CCCN=C(N)N)C(=O)NC(Cc1cnc[nH]1)C(=O)N1CCCC1C(=O)O. The van der Waals surface area contributed by atoms with Crippen LogP contribution in [0.5, 0.6) is 0 Å². The number of aliphatic imine (C=N–C) groups is 2. The predicted octanol–water partition coefficient (Wildman–Crippen LogP) is -3.57. The first kappa shape index (κ1) is 31.8. The highest BCUT2D eigenvalue weighted by molar-refractivity contribution is 5.94. The number of hydrogen-bond acceptors (Lipinski definition) is 8.